The van der Waals surface area contributed by atoms with E-state index >= 15 is 0 Å². The van der Waals surface area contributed by atoms with Gasteiger partial charge in [0.1, 0.15) is 5.54 Å². The molecule has 2 atom stereocenters. The van der Waals surface area contributed by atoms with Crippen LogP contribution in [0.3, 0.4) is 0 Å². The van der Waals surface area contributed by atoms with Crippen LogP contribution in [0, 0.1) is 5.41 Å². The van der Waals surface area contributed by atoms with Crippen LogP contribution in [0.15, 0.2) is 0 Å². The number of hydrogen-bond donors (Lipinski definition) is 2. The van der Waals surface area contributed by atoms with Gasteiger partial charge in [-0.15, -0.1) is 12.4 Å². The van der Waals surface area contributed by atoms with Crippen molar-refractivity contribution in [2.45, 2.75) is 45.8 Å². The molecule has 8 heteroatoms. The van der Waals surface area contributed by atoms with Crippen LogP contribution in [0.5, 0.6) is 0 Å². The SMILES string of the molecule is CCNC(=O)N1CCN(C(=O)C2(N)CC(OCC)C2(C)C)CC1.Cl. The maximum absolute atomic E-state index is 12.9. The van der Waals surface area contributed by atoms with E-state index in [0.29, 0.717) is 45.8 Å². The van der Waals surface area contributed by atoms with Crippen molar-refractivity contribution in [2.24, 2.45) is 11.1 Å². The highest BCUT2D eigenvalue weighted by Gasteiger charge is 2.63. The third-order valence-electron chi connectivity index (χ3n) is 5.39. The van der Waals surface area contributed by atoms with E-state index in [4.69, 9.17) is 10.5 Å². The average molecular weight is 363 g/mol. The molecule has 1 aliphatic heterocycles. The molecule has 0 aromatic carbocycles. The maximum Gasteiger partial charge on any atom is 0.317 e. The predicted octanol–water partition coefficient (Wildman–Crippen LogP) is 0.814. The standard InChI is InChI=1S/C16H30N4O3.ClH/c1-5-18-14(22)20-9-7-19(8-10-20)13(21)16(17)11-12(23-6-2)15(16,3)4;/h12H,5-11,17H2,1-4H3,(H,18,22);1H. The van der Waals surface area contributed by atoms with Gasteiger partial charge in [0, 0.05) is 51.2 Å². The zero-order chi connectivity index (χ0) is 17.3. The smallest absolute Gasteiger partial charge is 0.317 e. The molecular formula is C16H31ClN4O3. The molecule has 2 aliphatic rings. The minimum absolute atomic E-state index is 0. The lowest BCUT2D eigenvalue weighted by molar-refractivity contribution is -0.180. The van der Waals surface area contributed by atoms with Gasteiger partial charge in [0.05, 0.1) is 6.10 Å². The van der Waals surface area contributed by atoms with E-state index in [1.165, 1.54) is 0 Å². The van der Waals surface area contributed by atoms with Crippen molar-refractivity contribution in [3.8, 4) is 0 Å². The van der Waals surface area contributed by atoms with Crippen molar-refractivity contribution < 1.29 is 14.3 Å². The number of nitrogens with two attached hydrogens (primary N) is 1. The lowest BCUT2D eigenvalue weighted by Gasteiger charge is -2.59. The van der Waals surface area contributed by atoms with Gasteiger partial charge in [-0.25, -0.2) is 4.79 Å². The molecule has 2 fully saturated rings. The number of halogens is 1. The van der Waals surface area contributed by atoms with Gasteiger partial charge in [0.2, 0.25) is 5.91 Å². The molecule has 24 heavy (non-hydrogen) atoms. The Morgan fingerprint density at radius 2 is 1.71 bits per heavy atom. The number of nitrogens with one attached hydrogen (secondary N) is 1. The molecule has 3 N–H and O–H groups in total. The molecule has 0 bridgehead atoms. The van der Waals surface area contributed by atoms with E-state index in [-0.39, 0.29) is 35.9 Å². The Labute approximate surface area is 150 Å². The molecule has 1 saturated carbocycles. The summed E-state index contributed by atoms with van der Waals surface area (Å²) >= 11 is 0. The topological polar surface area (TPSA) is 87.9 Å². The Bertz CT molecular complexity index is 466. The average Bonchev–Trinajstić information content (AvgIpc) is 2.54. The molecule has 140 valence electrons. The second kappa shape index (κ2) is 7.89. The summed E-state index contributed by atoms with van der Waals surface area (Å²) in [5.41, 5.74) is 5.20. The number of amides is 3. The summed E-state index contributed by atoms with van der Waals surface area (Å²) in [7, 11) is 0. The number of ether oxygens (including phenoxy) is 1. The van der Waals surface area contributed by atoms with E-state index < -0.39 is 5.54 Å². The fourth-order valence-electron chi connectivity index (χ4n) is 3.46. The Balaban J connectivity index is 0.00000288. The Hall–Kier alpha value is -1.05. The van der Waals surface area contributed by atoms with Crippen LogP contribution in [0.2, 0.25) is 0 Å². The van der Waals surface area contributed by atoms with Crippen LogP contribution < -0.4 is 11.1 Å². The predicted molar refractivity (Wildman–Crippen MR) is 95.2 cm³/mol. The van der Waals surface area contributed by atoms with E-state index in [2.05, 4.69) is 5.32 Å². The molecule has 0 spiro atoms. The number of rotatable bonds is 4. The van der Waals surface area contributed by atoms with E-state index in [1.807, 2.05) is 27.7 Å². The van der Waals surface area contributed by atoms with E-state index in [1.54, 1.807) is 9.80 Å². The number of carbonyl (C=O) groups is 2. The molecule has 1 saturated heterocycles. The fourth-order valence-corrected chi connectivity index (χ4v) is 3.46. The lowest BCUT2D eigenvalue weighted by atomic mass is 9.54. The van der Waals surface area contributed by atoms with Crippen LogP contribution in [-0.4, -0.2) is 72.7 Å². The van der Waals surface area contributed by atoms with Gasteiger partial charge >= 0.3 is 6.03 Å². The summed E-state index contributed by atoms with van der Waals surface area (Å²) in [6, 6.07) is -0.0672. The van der Waals surface area contributed by atoms with Crippen LogP contribution in [0.25, 0.3) is 0 Å². The molecule has 2 rings (SSSR count). The molecule has 1 heterocycles. The Morgan fingerprint density at radius 1 is 1.17 bits per heavy atom. The van der Waals surface area contributed by atoms with E-state index in [9.17, 15) is 9.59 Å². The van der Waals surface area contributed by atoms with E-state index in [0.717, 1.165) is 0 Å². The zero-order valence-corrected chi connectivity index (χ0v) is 15.9. The van der Waals surface area contributed by atoms with Gasteiger partial charge < -0.3 is 25.6 Å². The maximum atomic E-state index is 12.9. The van der Waals surface area contributed by atoms with Gasteiger partial charge in [0.15, 0.2) is 0 Å². The summed E-state index contributed by atoms with van der Waals surface area (Å²) < 4.78 is 5.69. The number of piperazine rings is 1. The van der Waals surface area contributed by atoms with Crippen LogP contribution in [0.1, 0.15) is 34.1 Å². The van der Waals surface area contributed by atoms with Crippen molar-refractivity contribution in [3.05, 3.63) is 0 Å². The molecule has 3 amide bonds. The van der Waals surface area contributed by atoms with Gasteiger partial charge in [-0.1, -0.05) is 13.8 Å². The molecule has 0 radical (unpaired) electrons. The lowest BCUT2D eigenvalue weighted by Crippen LogP contribution is -2.76. The summed E-state index contributed by atoms with van der Waals surface area (Å²) in [6.07, 6.45) is 0.585. The summed E-state index contributed by atoms with van der Waals surface area (Å²) in [5.74, 6) is -0.0194. The van der Waals surface area contributed by atoms with Crippen molar-refractivity contribution in [3.63, 3.8) is 0 Å². The van der Waals surface area contributed by atoms with Gasteiger partial charge in [0.25, 0.3) is 0 Å². The quantitative estimate of drug-likeness (QED) is 0.774. The molecule has 2 unspecified atom stereocenters. The first-order valence-electron chi connectivity index (χ1n) is 8.50. The monoisotopic (exact) mass is 362 g/mol. The second-order valence-corrected chi connectivity index (χ2v) is 6.96. The molecular weight excluding hydrogens is 332 g/mol. The first kappa shape index (κ1) is 21.0. The Kier molecular flexibility index (Phi) is 6.90. The van der Waals surface area contributed by atoms with Crippen LogP contribution in [0.4, 0.5) is 4.79 Å². The fraction of sp³-hybridized carbons (Fsp3) is 0.875. The molecule has 1 aliphatic carbocycles. The van der Waals surface area contributed by atoms with Gasteiger partial charge in [-0.2, -0.15) is 0 Å². The first-order chi connectivity index (χ1) is 10.8. The third-order valence-corrected chi connectivity index (χ3v) is 5.39. The normalized spacial score (nSPS) is 28.6. The minimum Gasteiger partial charge on any atom is -0.378 e. The highest BCUT2D eigenvalue weighted by atomic mass is 35.5. The molecule has 7 nitrogen and oxygen atoms in total. The first-order valence-corrected chi connectivity index (χ1v) is 8.50. The summed E-state index contributed by atoms with van der Waals surface area (Å²) in [4.78, 5) is 28.3. The van der Waals surface area contributed by atoms with Crippen molar-refractivity contribution in [1.82, 2.24) is 15.1 Å². The number of carbonyl (C=O) groups excluding carboxylic acids is 2. The molecule has 0 aromatic heterocycles. The minimum atomic E-state index is -0.874. The number of nitrogens with zero attached hydrogens (tertiary/aromatic N) is 2. The van der Waals surface area contributed by atoms with Crippen LogP contribution >= 0.6 is 12.4 Å². The Morgan fingerprint density at radius 3 is 2.17 bits per heavy atom. The van der Waals surface area contributed by atoms with Gasteiger partial charge in [-0.3, -0.25) is 4.79 Å². The number of urea groups is 1. The second-order valence-electron chi connectivity index (χ2n) is 6.96. The highest BCUT2D eigenvalue weighted by Crippen LogP contribution is 2.50. The third kappa shape index (κ3) is 3.48. The highest BCUT2D eigenvalue weighted by molar-refractivity contribution is 5.89. The van der Waals surface area contributed by atoms with Gasteiger partial charge in [-0.05, 0) is 13.8 Å². The summed E-state index contributed by atoms with van der Waals surface area (Å²) in [5, 5.41) is 2.79. The van der Waals surface area contributed by atoms with Crippen molar-refractivity contribution >= 4 is 24.3 Å². The molecule has 0 aromatic rings. The largest absolute Gasteiger partial charge is 0.378 e. The van der Waals surface area contributed by atoms with Crippen molar-refractivity contribution in [1.29, 1.82) is 0 Å². The number of hydrogen-bond acceptors (Lipinski definition) is 4. The zero-order valence-electron chi connectivity index (χ0n) is 15.1. The summed E-state index contributed by atoms with van der Waals surface area (Å²) in [6.45, 7) is 11.2. The van der Waals surface area contributed by atoms with Crippen LogP contribution in [-0.2, 0) is 9.53 Å². The van der Waals surface area contributed by atoms with Crippen molar-refractivity contribution in [2.75, 3.05) is 39.3 Å².